The number of nitrogens with two attached hydrogens (primary N) is 1. The summed E-state index contributed by atoms with van der Waals surface area (Å²) in [6.07, 6.45) is 0.129. The van der Waals surface area contributed by atoms with Crippen molar-refractivity contribution in [3.05, 3.63) is 47.8 Å². The number of ether oxygens (including phenoxy) is 1. The number of amides is 3. The Kier molecular flexibility index (Phi) is 8.36. The predicted molar refractivity (Wildman–Crippen MR) is 109 cm³/mol. The maximum absolute atomic E-state index is 12.5. The van der Waals surface area contributed by atoms with Gasteiger partial charge in [-0.3, -0.25) is 14.3 Å². The van der Waals surface area contributed by atoms with Gasteiger partial charge in [-0.1, -0.05) is 12.1 Å². The largest absolute Gasteiger partial charge is 0.436 e. The normalized spacial score (nSPS) is 12.6. The van der Waals surface area contributed by atoms with Crippen molar-refractivity contribution in [3.63, 3.8) is 0 Å². The molecule has 30 heavy (non-hydrogen) atoms. The molecule has 0 fully saturated rings. The molecule has 162 valence electrons. The van der Waals surface area contributed by atoms with E-state index in [0.717, 1.165) is 0 Å². The lowest BCUT2D eigenvalue weighted by atomic mass is 10.1. The minimum Gasteiger partial charge on any atom is -0.436 e. The molecule has 0 aliphatic heterocycles. The first-order valence-electron chi connectivity index (χ1n) is 9.55. The minimum absolute atomic E-state index is 0.130. The third kappa shape index (κ3) is 6.89. The van der Waals surface area contributed by atoms with E-state index in [2.05, 4.69) is 15.7 Å². The number of benzene rings is 1. The maximum atomic E-state index is 12.5. The number of carbonyl (C=O) groups excluding carboxylic acids is 3. The van der Waals surface area contributed by atoms with Crippen LogP contribution < -0.4 is 16.4 Å². The van der Waals surface area contributed by atoms with E-state index < -0.39 is 24.2 Å². The predicted octanol–water partition coefficient (Wildman–Crippen LogP) is 1.21. The van der Waals surface area contributed by atoms with Crippen LogP contribution in [0.25, 0.3) is 0 Å². The molecular formula is C20H27N5O5. The first-order chi connectivity index (χ1) is 14.3. The standard InChI is InChI=1S/C20H27N5O5/c1-13(26)22-11-4-3-5-17(30-20(21)29)19(28)24-15-8-6-14(7-9-15)18(27)16-10-12-23-25(16)2/h6-10,12,17-18,27H,3-5,11H2,1-2H3,(H2,21,29)(H,22,26)(H,24,28)/t17-,18?/m0/s1. The number of nitrogens with zero attached hydrogens (tertiary/aromatic N) is 2. The number of nitrogens with one attached hydrogen (secondary N) is 2. The molecular weight excluding hydrogens is 390 g/mol. The molecule has 1 aromatic heterocycles. The Morgan fingerprint density at radius 3 is 2.47 bits per heavy atom. The van der Waals surface area contributed by atoms with Crippen molar-refractivity contribution >= 4 is 23.6 Å². The smallest absolute Gasteiger partial charge is 0.405 e. The lowest BCUT2D eigenvalue weighted by molar-refractivity contribution is -0.124. The number of aryl methyl sites for hydroxylation is 1. The summed E-state index contributed by atoms with van der Waals surface area (Å²) >= 11 is 0. The molecule has 0 saturated heterocycles. The van der Waals surface area contributed by atoms with E-state index in [9.17, 15) is 19.5 Å². The van der Waals surface area contributed by atoms with E-state index in [1.54, 1.807) is 48.3 Å². The summed E-state index contributed by atoms with van der Waals surface area (Å²) in [4.78, 5) is 34.5. The van der Waals surface area contributed by atoms with Crippen molar-refractivity contribution in [2.24, 2.45) is 12.8 Å². The van der Waals surface area contributed by atoms with Crippen molar-refractivity contribution in [3.8, 4) is 0 Å². The zero-order valence-electron chi connectivity index (χ0n) is 17.0. The van der Waals surface area contributed by atoms with Gasteiger partial charge < -0.3 is 26.2 Å². The summed E-state index contributed by atoms with van der Waals surface area (Å²) in [7, 11) is 1.74. The molecule has 3 amide bonds. The van der Waals surface area contributed by atoms with Gasteiger partial charge in [0.2, 0.25) is 5.91 Å². The van der Waals surface area contributed by atoms with Crippen LogP contribution in [0.4, 0.5) is 10.5 Å². The van der Waals surface area contributed by atoms with Crippen molar-refractivity contribution in [2.75, 3.05) is 11.9 Å². The molecule has 2 atom stereocenters. The van der Waals surface area contributed by atoms with Crippen LogP contribution in [0.1, 0.15) is 43.5 Å². The Bertz CT molecular complexity index is 865. The number of unbranched alkanes of at least 4 members (excludes halogenated alkanes) is 1. The molecule has 0 radical (unpaired) electrons. The van der Waals surface area contributed by atoms with Crippen molar-refractivity contribution in [2.45, 2.75) is 38.4 Å². The number of aliphatic hydroxyl groups is 1. The van der Waals surface area contributed by atoms with Crippen LogP contribution in [0.15, 0.2) is 36.5 Å². The van der Waals surface area contributed by atoms with Gasteiger partial charge in [0.1, 0.15) is 6.10 Å². The molecule has 2 rings (SSSR count). The van der Waals surface area contributed by atoms with E-state index >= 15 is 0 Å². The zero-order chi connectivity index (χ0) is 22.1. The highest BCUT2D eigenvalue weighted by molar-refractivity contribution is 5.95. The molecule has 0 saturated carbocycles. The van der Waals surface area contributed by atoms with E-state index in [4.69, 9.17) is 10.5 Å². The van der Waals surface area contributed by atoms with Crippen LogP contribution in [0.5, 0.6) is 0 Å². The Morgan fingerprint density at radius 2 is 1.90 bits per heavy atom. The summed E-state index contributed by atoms with van der Waals surface area (Å²) in [6.45, 7) is 1.90. The second-order valence-corrected chi connectivity index (χ2v) is 6.80. The highest BCUT2D eigenvalue weighted by Crippen LogP contribution is 2.23. The number of hydrogen-bond donors (Lipinski definition) is 4. The highest BCUT2D eigenvalue weighted by atomic mass is 16.6. The van der Waals surface area contributed by atoms with Gasteiger partial charge in [-0.25, -0.2) is 4.79 Å². The quantitative estimate of drug-likeness (QED) is 0.427. The third-order valence-corrected chi connectivity index (χ3v) is 4.45. The maximum Gasteiger partial charge on any atom is 0.405 e. The average molecular weight is 417 g/mol. The SMILES string of the molecule is CC(=O)NCCCC[C@H](OC(N)=O)C(=O)Nc1ccc(C(O)c2ccnn2C)cc1. The van der Waals surface area contributed by atoms with Gasteiger partial charge in [0, 0.05) is 32.4 Å². The molecule has 1 unspecified atom stereocenters. The van der Waals surface area contributed by atoms with Gasteiger partial charge in [-0.05, 0) is 43.0 Å². The summed E-state index contributed by atoms with van der Waals surface area (Å²) in [6, 6.07) is 8.38. The molecule has 10 heteroatoms. The van der Waals surface area contributed by atoms with Gasteiger partial charge in [-0.15, -0.1) is 0 Å². The lowest BCUT2D eigenvalue weighted by Crippen LogP contribution is -2.34. The number of anilines is 1. The van der Waals surface area contributed by atoms with Crippen molar-refractivity contribution < 1.29 is 24.2 Å². The first kappa shape index (κ1) is 22.9. The number of primary amides is 1. The lowest BCUT2D eigenvalue weighted by Gasteiger charge is -2.17. The molecule has 2 aromatic rings. The van der Waals surface area contributed by atoms with Crippen LogP contribution >= 0.6 is 0 Å². The fraction of sp³-hybridized carbons (Fsp3) is 0.400. The van der Waals surface area contributed by atoms with E-state index in [1.807, 2.05) is 0 Å². The van der Waals surface area contributed by atoms with Crippen LogP contribution in [0.2, 0.25) is 0 Å². The molecule has 0 spiro atoms. The number of hydrogen-bond acceptors (Lipinski definition) is 6. The van der Waals surface area contributed by atoms with Crippen molar-refractivity contribution in [1.29, 1.82) is 0 Å². The highest BCUT2D eigenvalue weighted by Gasteiger charge is 2.22. The summed E-state index contributed by atoms with van der Waals surface area (Å²) in [5.74, 6) is -0.636. The number of aromatic nitrogens is 2. The second-order valence-electron chi connectivity index (χ2n) is 6.80. The Morgan fingerprint density at radius 1 is 1.20 bits per heavy atom. The average Bonchev–Trinajstić information content (AvgIpc) is 3.12. The second kappa shape index (κ2) is 11.0. The monoisotopic (exact) mass is 417 g/mol. The van der Waals surface area contributed by atoms with Gasteiger partial charge in [0.15, 0.2) is 6.10 Å². The fourth-order valence-corrected chi connectivity index (χ4v) is 2.90. The Balaban J connectivity index is 1.94. The third-order valence-electron chi connectivity index (χ3n) is 4.45. The molecule has 1 heterocycles. The molecule has 1 aromatic carbocycles. The Labute approximate surface area is 174 Å². The molecule has 0 bridgehead atoms. The molecule has 10 nitrogen and oxygen atoms in total. The molecule has 5 N–H and O–H groups in total. The summed E-state index contributed by atoms with van der Waals surface area (Å²) < 4.78 is 6.51. The van der Waals surface area contributed by atoms with E-state index in [0.29, 0.717) is 36.3 Å². The number of aliphatic hydroxyl groups excluding tert-OH is 1. The van der Waals surface area contributed by atoms with Crippen molar-refractivity contribution in [1.82, 2.24) is 15.1 Å². The van der Waals surface area contributed by atoms with E-state index in [-0.39, 0.29) is 12.3 Å². The zero-order valence-corrected chi connectivity index (χ0v) is 17.0. The first-order valence-corrected chi connectivity index (χ1v) is 9.55. The molecule has 0 aliphatic rings. The van der Waals surface area contributed by atoms with Gasteiger partial charge in [0.25, 0.3) is 5.91 Å². The van der Waals surface area contributed by atoms with Crippen LogP contribution in [0.3, 0.4) is 0 Å². The topological polar surface area (TPSA) is 149 Å². The van der Waals surface area contributed by atoms with E-state index in [1.165, 1.54) is 6.92 Å². The van der Waals surface area contributed by atoms with Crippen LogP contribution in [-0.2, 0) is 21.4 Å². The number of carbonyl (C=O) groups is 3. The minimum atomic E-state index is -1.04. The Hall–Kier alpha value is -3.40. The van der Waals surface area contributed by atoms with Crippen LogP contribution in [-0.4, -0.2) is 45.4 Å². The fourth-order valence-electron chi connectivity index (χ4n) is 2.90. The number of rotatable bonds is 10. The van der Waals surface area contributed by atoms with Gasteiger partial charge in [-0.2, -0.15) is 5.10 Å². The summed E-state index contributed by atoms with van der Waals surface area (Å²) in [5.41, 5.74) is 6.84. The van der Waals surface area contributed by atoms with Gasteiger partial charge >= 0.3 is 6.09 Å². The van der Waals surface area contributed by atoms with Crippen LogP contribution in [0, 0.1) is 0 Å². The van der Waals surface area contributed by atoms with Gasteiger partial charge in [0.05, 0.1) is 5.69 Å². The summed E-state index contributed by atoms with van der Waals surface area (Å²) in [5, 5.41) is 19.8. The molecule has 0 aliphatic carbocycles.